The van der Waals surface area contributed by atoms with Gasteiger partial charge in [0.1, 0.15) is 6.61 Å². The molecule has 0 saturated carbocycles. The Labute approximate surface area is 142 Å². The van der Waals surface area contributed by atoms with E-state index in [2.05, 4.69) is 18.9 Å². The van der Waals surface area contributed by atoms with Gasteiger partial charge in [-0.25, -0.2) is 14.4 Å². The van der Waals surface area contributed by atoms with Crippen LogP contribution in [0.15, 0.2) is 0 Å². The molecule has 0 aromatic heterocycles. The minimum atomic E-state index is -5.59. The van der Waals surface area contributed by atoms with E-state index in [0.29, 0.717) is 0 Å². The molecule has 0 aromatic carbocycles. The molecule has 0 unspecified atom stereocenters. The summed E-state index contributed by atoms with van der Waals surface area (Å²) in [6.07, 6.45) is -24.1. The van der Waals surface area contributed by atoms with Crippen LogP contribution in [0.1, 0.15) is 6.42 Å². The fourth-order valence-electron chi connectivity index (χ4n) is 1.64. The maximum atomic E-state index is 12.2. The summed E-state index contributed by atoms with van der Waals surface area (Å²) in [6.45, 7) is -1.28. The Morgan fingerprint density at radius 3 is 1.67 bits per heavy atom. The smallest absolute Gasteiger partial charge is 0.456 e. The second kappa shape index (κ2) is 7.77. The van der Waals surface area contributed by atoms with Gasteiger partial charge in [-0.3, -0.25) is 0 Å². The van der Waals surface area contributed by atoms with Crippen molar-refractivity contribution in [1.29, 1.82) is 0 Å². The molecule has 1 aliphatic rings. The van der Waals surface area contributed by atoms with Gasteiger partial charge in [0.05, 0.1) is 6.10 Å². The lowest BCUT2D eigenvalue weighted by Crippen LogP contribution is -2.39. The van der Waals surface area contributed by atoms with E-state index < -0.39 is 68.0 Å². The van der Waals surface area contributed by atoms with Crippen molar-refractivity contribution in [1.82, 2.24) is 0 Å². The van der Waals surface area contributed by atoms with Gasteiger partial charge in [0, 0.05) is 6.42 Å². The van der Waals surface area contributed by atoms with Crippen LogP contribution in [-0.4, -0.2) is 61.5 Å². The highest BCUT2D eigenvalue weighted by molar-refractivity contribution is 5.77. The molecule has 3 atom stereocenters. The van der Waals surface area contributed by atoms with Crippen molar-refractivity contribution in [2.75, 3.05) is 6.61 Å². The molecule has 7 nitrogen and oxygen atoms in total. The first-order valence-electron chi connectivity index (χ1n) is 6.47. The molecule has 0 N–H and O–H groups in total. The molecule has 1 fully saturated rings. The molecule has 0 aromatic rings. The lowest BCUT2D eigenvalue weighted by molar-refractivity contribution is -0.241. The number of carbonyl (C=O) groups excluding carboxylic acids is 3. The van der Waals surface area contributed by atoms with Crippen LogP contribution in [0.25, 0.3) is 0 Å². The van der Waals surface area contributed by atoms with Gasteiger partial charge in [-0.15, -0.1) is 0 Å². The molecule has 16 heteroatoms. The van der Waals surface area contributed by atoms with E-state index in [-0.39, 0.29) is 0 Å². The zero-order chi connectivity index (χ0) is 21.2. The number of hydrogen-bond donors (Lipinski definition) is 0. The van der Waals surface area contributed by atoms with E-state index >= 15 is 0 Å². The summed E-state index contributed by atoms with van der Waals surface area (Å²) in [6, 6.07) is 0. The molecule has 0 bridgehead atoms. The lowest BCUT2D eigenvalue weighted by Gasteiger charge is -2.20. The summed E-state index contributed by atoms with van der Waals surface area (Å²) >= 11 is 0. The summed E-state index contributed by atoms with van der Waals surface area (Å²) in [4.78, 5) is 32.0. The monoisotopic (exact) mass is 422 g/mol. The minimum absolute atomic E-state index is 0.956. The van der Waals surface area contributed by atoms with Crippen molar-refractivity contribution in [3.05, 3.63) is 0 Å². The molecular formula is C11H7F9O7. The third kappa shape index (κ3) is 6.76. The normalized spacial score (nSPS) is 23.7. The summed E-state index contributed by atoms with van der Waals surface area (Å²) in [5.41, 5.74) is 0. The van der Waals surface area contributed by atoms with Gasteiger partial charge >= 0.3 is 36.4 Å². The molecule has 1 aliphatic heterocycles. The largest absolute Gasteiger partial charge is 0.491 e. The minimum Gasteiger partial charge on any atom is -0.456 e. The fourth-order valence-corrected chi connectivity index (χ4v) is 1.64. The Bertz CT molecular complexity index is 544. The van der Waals surface area contributed by atoms with Crippen LogP contribution in [0.5, 0.6) is 0 Å². The molecule has 0 amide bonds. The van der Waals surface area contributed by atoms with Crippen LogP contribution in [0.3, 0.4) is 0 Å². The summed E-state index contributed by atoms with van der Waals surface area (Å²) in [5.74, 6) is -8.52. The maximum absolute atomic E-state index is 12.2. The lowest BCUT2D eigenvalue weighted by atomic mass is 10.2. The molecule has 27 heavy (non-hydrogen) atoms. The first-order chi connectivity index (χ1) is 12.0. The number of alkyl halides is 9. The van der Waals surface area contributed by atoms with E-state index in [1.54, 1.807) is 0 Å². The average molecular weight is 422 g/mol. The van der Waals surface area contributed by atoms with Crippen molar-refractivity contribution < 1.29 is 72.8 Å². The first kappa shape index (κ1) is 22.8. The van der Waals surface area contributed by atoms with E-state index in [0.717, 1.165) is 0 Å². The highest BCUT2D eigenvalue weighted by atomic mass is 19.4. The van der Waals surface area contributed by atoms with Crippen LogP contribution in [0.4, 0.5) is 39.5 Å². The van der Waals surface area contributed by atoms with Gasteiger partial charge in [0.25, 0.3) is 0 Å². The zero-order valence-corrected chi connectivity index (χ0v) is 12.4. The molecule has 0 spiro atoms. The van der Waals surface area contributed by atoms with Gasteiger partial charge in [-0.2, -0.15) is 39.5 Å². The predicted molar refractivity (Wildman–Crippen MR) is 58.4 cm³/mol. The van der Waals surface area contributed by atoms with Gasteiger partial charge in [-0.1, -0.05) is 0 Å². The molecule has 0 radical (unpaired) electrons. The summed E-state index contributed by atoms with van der Waals surface area (Å²) < 4.78 is 125. The van der Waals surface area contributed by atoms with Crippen LogP contribution in [0.2, 0.25) is 0 Å². The molecule has 1 saturated heterocycles. The molecule has 0 aliphatic carbocycles. The number of hydrogen-bond acceptors (Lipinski definition) is 7. The standard InChI is InChI=1S/C11H7F9O7/c12-9(13,14)6(21)24-2-3-1-4(26-7(22)10(15,16)17)5(25-3)27-8(23)11(18,19)20/h3-5H,1-2H2/t3-,4+,5-/m0/s1. The highest BCUT2D eigenvalue weighted by Gasteiger charge is 2.51. The third-order valence-electron chi connectivity index (χ3n) is 2.70. The predicted octanol–water partition coefficient (Wildman–Crippen LogP) is 1.79. The summed E-state index contributed by atoms with van der Waals surface area (Å²) in [5, 5.41) is 0. The van der Waals surface area contributed by atoms with Crippen molar-refractivity contribution in [3.63, 3.8) is 0 Å². The number of rotatable bonds is 4. The maximum Gasteiger partial charge on any atom is 0.491 e. The number of halogens is 9. The van der Waals surface area contributed by atoms with Crippen molar-refractivity contribution in [2.24, 2.45) is 0 Å². The van der Waals surface area contributed by atoms with Gasteiger partial charge in [0.15, 0.2) is 6.10 Å². The zero-order valence-electron chi connectivity index (χ0n) is 12.4. The number of ether oxygens (including phenoxy) is 4. The van der Waals surface area contributed by atoms with Crippen LogP contribution in [0, 0.1) is 0 Å². The van der Waals surface area contributed by atoms with Crippen molar-refractivity contribution >= 4 is 17.9 Å². The highest BCUT2D eigenvalue weighted by Crippen LogP contribution is 2.30. The van der Waals surface area contributed by atoms with Gasteiger partial charge in [-0.05, 0) is 0 Å². The SMILES string of the molecule is O=C(OC[C@@H]1C[C@@H](OC(=O)C(F)(F)F)[C@H](OC(=O)C(F)(F)F)O1)C(F)(F)F. The van der Waals surface area contributed by atoms with E-state index in [4.69, 9.17) is 0 Å². The van der Waals surface area contributed by atoms with Crippen LogP contribution in [-0.2, 0) is 33.3 Å². The molecular weight excluding hydrogens is 415 g/mol. The third-order valence-corrected chi connectivity index (χ3v) is 2.70. The molecule has 1 rings (SSSR count). The Morgan fingerprint density at radius 1 is 0.778 bits per heavy atom. The quantitative estimate of drug-likeness (QED) is 0.388. The van der Waals surface area contributed by atoms with Crippen LogP contribution >= 0.6 is 0 Å². The van der Waals surface area contributed by atoms with Crippen molar-refractivity contribution in [2.45, 2.75) is 43.4 Å². The fraction of sp³-hybridized carbons (Fsp3) is 0.727. The summed E-state index contributed by atoms with van der Waals surface area (Å²) in [7, 11) is 0. The van der Waals surface area contributed by atoms with E-state index in [9.17, 15) is 53.9 Å². The van der Waals surface area contributed by atoms with E-state index in [1.165, 1.54) is 0 Å². The second-order valence-corrected chi connectivity index (χ2v) is 4.80. The Kier molecular flexibility index (Phi) is 6.56. The topological polar surface area (TPSA) is 88.1 Å². The Morgan fingerprint density at radius 2 is 1.22 bits per heavy atom. The van der Waals surface area contributed by atoms with Gasteiger partial charge < -0.3 is 18.9 Å². The average Bonchev–Trinajstić information content (AvgIpc) is 2.83. The Hall–Kier alpha value is -2.26. The number of carbonyl (C=O) groups is 3. The number of esters is 3. The first-order valence-corrected chi connectivity index (χ1v) is 6.47. The molecule has 156 valence electrons. The van der Waals surface area contributed by atoms with Gasteiger partial charge in [0.2, 0.25) is 6.29 Å². The Balaban J connectivity index is 2.81. The molecule has 1 heterocycles. The van der Waals surface area contributed by atoms with Crippen molar-refractivity contribution in [3.8, 4) is 0 Å². The second-order valence-electron chi connectivity index (χ2n) is 4.80. The van der Waals surface area contributed by atoms with Crippen LogP contribution < -0.4 is 0 Å². The van der Waals surface area contributed by atoms with E-state index in [1.807, 2.05) is 0 Å².